The van der Waals surface area contributed by atoms with E-state index in [2.05, 4.69) is 5.32 Å². The molecule has 3 aromatic carbocycles. The minimum atomic E-state index is -3.48. The summed E-state index contributed by atoms with van der Waals surface area (Å²) in [4.78, 5) is 12.7. The van der Waals surface area contributed by atoms with Gasteiger partial charge in [0.1, 0.15) is 5.75 Å². The highest BCUT2D eigenvalue weighted by molar-refractivity contribution is 7.92. The van der Waals surface area contributed by atoms with Crippen molar-refractivity contribution >= 4 is 27.3 Å². The van der Waals surface area contributed by atoms with Crippen LogP contribution in [0.1, 0.15) is 40.9 Å². The molecule has 0 aromatic heterocycles. The molecule has 0 spiro atoms. The number of amides is 1. The molecule has 33 heavy (non-hydrogen) atoms. The number of aryl methyl sites for hydroxylation is 2. The predicted octanol–water partition coefficient (Wildman–Crippen LogP) is 5.31. The van der Waals surface area contributed by atoms with Gasteiger partial charge in [-0.2, -0.15) is 0 Å². The second kappa shape index (κ2) is 10.1. The van der Waals surface area contributed by atoms with Crippen LogP contribution < -0.4 is 14.4 Å². The Morgan fingerprint density at radius 2 is 1.67 bits per heavy atom. The Kier molecular flexibility index (Phi) is 7.43. The zero-order valence-corrected chi connectivity index (χ0v) is 20.4. The minimum Gasteiger partial charge on any atom is -0.491 e. The maximum absolute atomic E-state index is 12.7. The van der Waals surface area contributed by atoms with E-state index in [-0.39, 0.29) is 18.6 Å². The first-order valence-corrected chi connectivity index (χ1v) is 12.6. The number of carbonyl (C=O) groups is 1. The molecule has 3 rings (SSSR count). The molecule has 0 aliphatic heterocycles. The average molecular weight is 467 g/mol. The van der Waals surface area contributed by atoms with Gasteiger partial charge >= 0.3 is 0 Å². The van der Waals surface area contributed by atoms with Crippen molar-refractivity contribution in [2.45, 2.75) is 40.3 Å². The summed E-state index contributed by atoms with van der Waals surface area (Å²) in [6.45, 7) is 8.01. The second-order valence-corrected chi connectivity index (χ2v) is 10.3. The molecule has 174 valence electrons. The number of hydrogen-bond donors (Lipinski definition) is 1. The van der Waals surface area contributed by atoms with Gasteiger partial charge in [0.05, 0.1) is 24.6 Å². The lowest BCUT2D eigenvalue weighted by atomic mass is 10.1. The van der Waals surface area contributed by atoms with E-state index >= 15 is 0 Å². The highest BCUT2D eigenvalue weighted by atomic mass is 32.2. The van der Waals surface area contributed by atoms with Crippen LogP contribution in [0.4, 0.5) is 11.4 Å². The van der Waals surface area contributed by atoms with Gasteiger partial charge in [0.2, 0.25) is 10.0 Å². The lowest BCUT2D eigenvalue weighted by Crippen LogP contribution is -2.29. The van der Waals surface area contributed by atoms with Crippen molar-refractivity contribution in [1.82, 2.24) is 0 Å². The first kappa shape index (κ1) is 24.3. The Morgan fingerprint density at radius 3 is 2.27 bits per heavy atom. The van der Waals surface area contributed by atoms with Crippen LogP contribution in [0, 0.1) is 13.8 Å². The third-order valence-electron chi connectivity index (χ3n) is 5.18. The lowest BCUT2D eigenvalue weighted by molar-refractivity contribution is 0.102. The Labute approximate surface area is 196 Å². The van der Waals surface area contributed by atoms with E-state index in [4.69, 9.17) is 4.74 Å². The molecule has 0 radical (unpaired) electrons. The molecule has 0 unspecified atom stereocenters. The SMILES string of the molecule is Cc1ccc(N(Cc2ccc(C(=O)Nc3cccc(OC(C)C)c3)cc2)S(C)(=O)=O)cc1C. The summed E-state index contributed by atoms with van der Waals surface area (Å²) in [7, 11) is -3.48. The van der Waals surface area contributed by atoms with Gasteiger partial charge in [0.25, 0.3) is 5.91 Å². The topological polar surface area (TPSA) is 75.7 Å². The van der Waals surface area contributed by atoms with Crippen molar-refractivity contribution in [2.75, 3.05) is 15.9 Å². The standard InChI is InChI=1S/C26H30N2O4S/c1-18(2)32-25-8-6-7-23(16-25)27-26(29)22-12-10-21(11-13-22)17-28(33(5,30)31)24-14-9-19(3)20(4)15-24/h6-16,18H,17H2,1-5H3,(H,27,29). The smallest absolute Gasteiger partial charge is 0.255 e. The zero-order chi connectivity index (χ0) is 24.2. The summed E-state index contributed by atoms with van der Waals surface area (Å²) in [6.07, 6.45) is 1.24. The molecule has 0 saturated carbocycles. The van der Waals surface area contributed by atoms with Crippen molar-refractivity contribution in [3.63, 3.8) is 0 Å². The van der Waals surface area contributed by atoms with Crippen molar-refractivity contribution in [3.8, 4) is 5.75 Å². The molecule has 0 atom stereocenters. The summed E-state index contributed by atoms with van der Waals surface area (Å²) >= 11 is 0. The Morgan fingerprint density at radius 1 is 0.970 bits per heavy atom. The van der Waals surface area contributed by atoms with Crippen molar-refractivity contribution in [1.29, 1.82) is 0 Å². The van der Waals surface area contributed by atoms with Crippen LogP contribution in [0.3, 0.4) is 0 Å². The molecule has 1 amide bonds. The fourth-order valence-corrected chi connectivity index (χ4v) is 4.21. The van der Waals surface area contributed by atoms with E-state index in [0.29, 0.717) is 22.7 Å². The van der Waals surface area contributed by atoms with Gasteiger partial charge < -0.3 is 10.1 Å². The molecule has 0 bridgehead atoms. The molecule has 3 aromatic rings. The fraction of sp³-hybridized carbons (Fsp3) is 0.269. The Hall–Kier alpha value is -3.32. The maximum atomic E-state index is 12.7. The second-order valence-electron chi connectivity index (χ2n) is 8.38. The van der Waals surface area contributed by atoms with Crippen LogP contribution in [-0.4, -0.2) is 26.7 Å². The van der Waals surface area contributed by atoms with Gasteiger partial charge in [-0.1, -0.05) is 24.3 Å². The van der Waals surface area contributed by atoms with Gasteiger partial charge in [-0.3, -0.25) is 9.10 Å². The minimum absolute atomic E-state index is 0.0406. The first-order valence-electron chi connectivity index (χ1n) is 10.7. The molecular formula is C26H30N2O4S. The van der Waals surface area contributed by atoms with Crippen LogP contribution in [0.15, 0.2) is 66.7 Å². The van der Waals surface area contributed by atoms with Crippen molar-refractivity contribution in [2.24, 2.45) is 0 Å². The lowest BCUT2D eigenvalue weighted by Gasteiger charge is -2.23. The number of rotatable bonds is 8. The van der Waals surface area contributed by atoms with Gasteiger partial charge in [-0.05, 0) is 80.8 Å². The largest absolute Gasteiger partial charge is 0.491 e. The molecule has 0 saturated heterocycles. The van der Waals surface area contributed by atoms with Gasteiger partial charge in [-0.25, -0.2) is 8.42 Å². The first-order chi connectivity index (χ1) is 15.5. The van der Waals surface area contributed by atoms with E-state index in [0.717, 1.165) is 16.7 Å². The third kappa shape index (κ3) is 6.58. The van der Waals surface area contributed by atoms with E-state index in [9.17, 15) is 13.2 Å². The zero-order valence-electron chi connectivity index (χ0n) is 19.6. The average Bonchev–Trinajstić information content (AvgIpc) is 2.73. The summed E-state index contributed by atoms with van der Waals surface area (Å²) in [5, 5.41) is 2.87. The number of hydrogen-bond acceptors (Lipinski definition) is 4. The van der Waals surface area contributed by atoms with E-state index in [1.165, 1.54) is 10.6 Å². The van der Waals surface area contributed by atoms with E-state index in [1.54, 1.807) is 36.4 Å². The summed E-state index contributed by atoms with van der Waals surface area (Å²) in [6, 6.07) is 19.8. The highest BCUT2D eigenvalue weighted by Gasteiger charge is 2.19. The molecule has 0 fully saturated rings. The van der Waals surface area contributed by atoms with Crippen molar-refractivity contribution in [3.05, 3.63) is 89.0 Å². The van der Waals surface area contributed by atoms with Crippen LogP contribution in [0.25, 0.3) is 0 Å². The normalized spacial score (nSPS) is 11.3. The summed E-state index contributed by atoms with van der Waals surface area (Å²) < 4.78 is 32.0. The number of sulfonamides is 1. The van der Waals surface area contributed by atoms with Gasteiger partial charge in [-0.15, -0.1) is 0 Å². The molecular weight excluding hydrogens is 436 g/mol. The third-order valence-corrected chi connectivity index (χ3v) is 6.33. The maximum Gasteiger partial charge on any atom is 0.255 e. The van der Waals surface area contributed by atoms with E-state index < -0.39 is 10.0 Å². The van der Waals surface area contributed by atoms with Crippen LogP contribution >= 0.6 is 0 Å². The monoisotopic (exact) mass is 466 g/mol. The van der Waals surface area contributed by atoms with Gasteiger partial charge in [0, 0.05) is 17.3 Å². The molecule has 0 aliphatic carbocycles. The number of nitrogens with one attached hydrogen (secondary N) is 1. The predicted molar refractivity (Wildman–Crippen MR) is 134 cm³/mol. The quantitative estimate of drug-likeness (QED) is 0.488. The molecule has 7 heteroatoms. The van der Waals surface area contributed by atoms with E-state index in [1.807, 2.05) is 58.0 Å². The van der Waals surface area contributed by atoms with Crippen molar-refractivity contribution < 1.29 is 17.9 Å². The van der Waals surface area contributed by atoms with Crippen LogP contribution in [-0.2, 0) is 16.6 Å². The fourth-order valence-electron chi connectivity index (χ4n) is 3.33. The number of nitrogens with zero attached hydrogens (tertiary/aromatic N) is 1. The Bertz CT molecular complexity index is 1240. The number of ether oxygens (including phenoxy) is 1. The van der Waals surface area contributed by atoms with Crippen LogP contribution in [0.5, 0.6) is 5.75 Å². The highest BCUT2D eigenvalue weighted by Crippen LogP contribution is 2.24. The van der Waals surface area contributed by atoms with Gasteiger partial charge in [0.15, 0.2) is 0 Å². The van der Waals surface area contributed by atoms with Crippen LogP contribution in [0.2, 0.25) is 0 Å². The summed E-state index contributed by atoms with van der Waals surface area (Å²) in [5.74, 6) is 0.433. The number of carbonyl (C=O) groups excluding carboxylic acids is 1. The molecule has 1 N–H and O–H groups in total. The summed E-state index contributed by atoms with van der Waals surface area (Å²) in [5.41, 5.74) is 4.64. The molecule has 0 heterocycles. The Balaban J connectivity index is 1.74. The number of anilines is 2. The molecule has 6 nitrogen and oxygen atoms in total. The number of benzene rings is 3. The molecule has 0 aliphatic rings.